The van der Waals surface area contributed by atoms with E-state index in [4.69, 9.17) is 0 Å². The minimum atomic E-state index is -1.30. The Labute approximate surface area is 202 Å². The Morgan fingerprint density at radius 3 is 2.40 bits per heavy atom. The summed E-state index contributed by atoms with van der Waals surface area (Å²) >= 11 is 0. The molecule has 7 heteroatoms. The number of halogens is 1. The SMILES string of the molecule is CCn1cc(C(=O)O)c(=O)c2cc(F)c(N3CCN(Cc4ccc(C)c5ccccc45)CC3)cc21. The van der Waals surface area contributed by atoms with Crippen molar-refractivity contribution < 1.29 is 14.3 Å². The van der Waals surface area contributed by atoms with E-state index >= 15 is 4.39 Å². The highest BCUT2D eigenvalue weighted by atomic mass is 19.1. The lowest BCUT2D eigenvalue weighted by Gasteiger charge is -2.36. The molecule has 180 valence electrons. The van der Waals surface area contributed by atoms with Gasteiger partial charge in [-0.1, -0.05) is 36.4 Å². The number of anilines is 1. The number of hydrogen-bond acceptors (Lipinski definition) is 4. The second-order valence-electron chi connectivity index (χ2n) is 9.13. The van der Waals surface area contributed by atoms with Gasteiger partial charge in [-0.2, -0.15) is 0 Å². The van der Waals surface area contributed by atoms with Gasteiger partial charge in [-0.3, -0.25) is 9.69 Å². The van der Waals surface area contributed by atoms with Crippen molar-refractivity contribution in [3.63, 3.8) is 0 Å². The highest BCUT2D eigenvalue weighted by molar-refractivity contribution is 5.93. The van der Waals surface area contributed by atoms with Crippen molar-refractivity contribution in [3.8, 4) is 0 Å². The molecule has 0 atom stereocenters. The zero-order valence-corrected chi connectivity index (χ0v) is 19.9. The normalized spacial score (nSPS) is 14.7. The molecular formula is C28H28FN3O3. The van der Waals surface area contributed by atoms with Crippen LogP contribution in [-0.2, 0) is 13.1 Å². The van der Waals surface area contributed by atoms with Crippen molar-refractivity contribution >= 4 is 33.3 Å². The van der Waals surface area contributed by atoms with E-state index in [-0.39, 0.29) is 10.9 Å². The van der Waals surface area contributed by atoms with E-state index in [2.05, 4.69) is 48.2 Å². The van der Waals surface area contributed by atoms with Crippen molar-refractivity contribution in [2.24, 2.45) is 0 Å². The van der Waals surface area contributed by atoms with Crippen molar-refractivity contribution in [2.75, 3.05) is 31.1 Å². The number of aromatic carboxylic acids is 1. The van der Waals surface area contributed by atoms with Crippen LogP contribution in [0.3, 0.4) is 0 Å². The van der Waals surface area contributed by atoms with E-state index in [1.54, 1.807) is 10.6 Å². The standard InChI is InChI=1S/C28H28FN3O3/c1-3-31-17-23(28(34)35)27(33)22-14-24(29)26(15-25(22)31)32-12-10-30(11-13-32)16-19-9-8-18(2)20-6-4-5-7-21(19)20/h4-9,14-15,17H,3,10-13,16H2,1-2H3,(H,34,35). The molecule has 1 N–H and O–H groups in total. The fourth-order valence-corrected chi connectivity index (χ4v) is 5.09. The summed E-state index contributed by atoms with van der Waals surface area (Å²) in [7, 11) is 0. The lowest BCUT2D eigenvalue weighted by atomic mass is 10.00. The van der Waals surface area contributed by atoms with Crippen molar-refractivity contribution in [1.82, 2.24) is 9.47 Å². The summed E-state index contributed by atoms with van der Waals surface area (Å²) in [5.41, 5.74) is 2.55. The van der Waals surface area contributed by atoms with E-state index in [0.29, 0.717) is 30.8 Å². The molecule has 2 heterocycles. The van der Waals surface area contributed by atoms with Gasteiger partial charge in [-0.25, -0.2) is 9.18 Å². The van der Waals surface area contributed by atoms with Crippen LogP contribution in [0.2, 0.25) is 0 Å². The van der Waals surface area contributed by atoms with E-state index in [1.807, 2.05) is 11.8 Å². The molecule has 1 aliphatic heterocycles. The second-order valence-corrected chi connectivity index (χ2v) is 9.13. The van der Waals surface area contributed by atoms with Gasteiger partial charge in [0.15, 0.2) is 0 Å². The first-order chi connectivity index (χ1) is 16.9. The third-order valence-corrected chi connectivity index (χ3v) is 7.06. The number of nitrogens with zero attached hydrogens (tertiary/aromatic N) is 3. The van der Waals surface area contributed by atoms with Gasteiger partial charge < -0.3 is 14.6 Å². The molecule has 35 heavy (non-hydrogen) atoms. The molecule has 0 bridgehead atoms. The highest BCUT2D eigenvalue weighted by Gasteiger charge is 2.23. The van der Waals surface area contributed by atoms with E-state index < -0.39 is 17.2 Å². The topological polar surface area (TPSA) is 65.8 Å². The van der Waals surface area contributed by atoms with Crippen LogP contribution in [0.4, 0.5) is 10.1 Å². The number of carboxylic acids is 1. The maximum atomic E-state index is 15.2. The Hall–Kier alpha value is -3.71. The maximum absolute atomic E-state index is 15.2. The molecule has 0 spiro atoms. The summed E-state index contributed by atoms with van der Waals surface area (Å²) < 4.78 is 16.9. The molecule has 5 rings (SSSR count). The number of rotatable bonds is 5. The van der Waals surface area contributed by atoms with Crippen LogP contribution in [0, 0.1) is 12.7 Å². The Morgan fingerprint density at radius 2 is 1.71 bits per heavy atom. The molecule has 6 nitrogen and oxygen atoms in total. The number of aryl methyl sites for hydroxylation is 2. The zero-order chi connectivity index (χ0) is 24.7. The van der Waals surface area contributed by atoms with E-state index in [9.17, 15) is 14.7 Å². The molecule has 1 saturated heterocycles. The lowest BCUT2D eigenvalue weighted by Crippen LogP contribution is -2.46. The average Bonchev–Trinajstić information content (AvgIpc) is 2.86. The molecule has 1 aliphatic rings. The van der Waals surface area contributed by atoms with Crippen LogP contribution >= 0.6 is 0 Å². The summed E-state index contributed by atoms with van der Waals surface area (Å²) in [6.07, 6.45) is 1.35. The summed E-state index contributed by atoms with van der Waals surface area (Å²) in [5.74, 6) is -1.81. The first kappa shape index (κ1) is 23.1. The van der Waals surface area contributed by atoms with E-state index in [1.165, 1.54) is 34.2 Å². The summed E-state index contributed by atoms with van der Waals surface area (Å²) in [6, 6.07) is 15.7. The second kappa shape index (κ2) is 9.15. The Bertz CT molecular complexity index is 1500. The fourth-order valence-electron chi connectivity index (χ4n) is 5.09. The van der Waals surface area contributed by atoms with Gasteiger partial charge in [-0.15, -0.1) is 0 Å². The summed E-state index contributed by atoms with van der Waals surface area (Å²) in [6.45, 7) is 8.21. The van der Waals surface area contributed by atoms with Crippen molar-refractivity contribution in [2.45, 2.75) is 26.9 Å². The number of hydrogen-bond donors (Lipinski definition) is 1. The zero-order valence-electron chi connectivity index (χ0n) is 19.9. The van der Waals surface area contributed by atoms with Gasteiger partial charge in [0.1, 0.15) is 11.4 Å². The Kier molecular flexibility index (Phi) is 6.03. The molecule has 0 amide bonds. The molecule has 0 saturated carbocycles. The smallest absolute Gasteiger partial charge is 0.341 e. The van der Waals surface area contributed by atoms with Crippen LogP contribution in [-0.4, -0.2) is 46.7 Å². The number of benzene rings is 3. The number of piperazine rings is 1. The molecule has 4 aromatic rings. The van der Waals surface area contributed by atoms with Gasteiger partial charge in [0.05, 0.1) is 11.2 Å². The summed E-state index contributed by atoms with van der Waals surface area (Å²) in [5, 5.41) is 12.0. The van der Waals surface area contributed by atoms with Crippen LogP contribution in [0.5, 0.6) is 0 Å². The quantitative estimate of drug-likeness (QED) is 0.457. The Morgan fingerprint density at radius 1 is 1.00 bits per heavy atom. The molecule has 0 unspecified atom stereocenters. The third-order valence-electron chi connectivity index (χ3n) is 7.06. The number of carbonyl (C=O) groups is 1. The first-order valence-corrected chi connectivity index (χ1v) is 11.9. The third kappa shape index (κ3) is 4.17. The van der Waals surface area contributed by atoms with Crippen molar-refractivity contribution in [1.29, 1.82) is 0 Å². The van der Waals surface area contributed by atoms with Crippen LogP contribution < -0.4 is 10.3 Å². The van der Waals surface area contributed by atoms with Gasteiger partial charge in [0.2, 0.25) is 5.43 Å². The van der Waals surface area contributed by atoms with E-state index in [0.717, 1.165) is 19.6 Å². The molecule has 3 aromatic carbocycles. The number of pyridine rings is 1. The predicted octanol–water partition coefficient (Wildman–Crippen LogP) is 4.64. The maximum Gasteiger partial charge on any atom is 0.341 e. The minimum Gasteiger partial charge on any atom is -0.477 e. The largest absolute Gasteiger partial charge is 0.477 e. The predicted molar refractivity (Wildman–Crippen MR) is 137 cm³/mol. The fraction of sp³-hybridized carbons (Fsp3) is 0.286. The molecule has 1 aromatic heterocycles. The van der Waals surface area contributed by atoms with Crippen LogP contribution in [0.15, 0.2) is 59.5 Å². The monoisotopic (exact) mass is 473 g/mol. The average molecular weight is 474 g/mol. The summed E-state index contributed by atoms with van der Waals surface area (Å²) in [4.78, 5) is 28.5. The number of fused-ring (bicyclic) bond motifs is 2. The van der Waals surface area contributed by atoms with Crippen LogP contribution in [0.1, 0.15) is 28.4 Å². The highest BCUT2D eigenvalue weighted by Crippen LogP contribution is 2.28. The number of aromatic nitrogens is 1. The van der Waals surface area contributed by atoms with Gasteiger partial charge >= 0.3 is 5.97 Å². The Balaban J connectivity index is 1.39. The van der Waals surface area contributed by atoms with Crippen LogP contribution in [0.25, 0.3) is 21.7 Å². The molecule has 0 radical (unpaired) electrons. The van der Waals surface area contributed by atoms with Gasteiger partial charge in [0.25, 0.3) is 0 Å². The first-order valence-electron chi connectivity index (χ1n) is 11.9. The van der Waals surface area contributed by atoms with Crippen molar-refractivity contribution in [3.05, 3.63) is 87.5 Å². The molecule has 0 aliphatic carbocycles. The number of carboxylic acid groups (broad SMARTS) is 1. The van der Waals surface area contributed by atoms with Gasteiger partial charge in [0, 0.05) is 50.9 Å². The minimum absolute atomic E-state index is 0.0953. The molecular weight excluding hydrogens is 445 g/mol. The van der Waals surface area contributed by atoms with Gasteiger partial charge in [-0.05, 0) is 47.9 Å². The molecule has 1 fully saturated rings. The lowest BCUT2D eigenvalue weighted by molar-refractivity contribution is 0.0695.